The fraction of sp³-hybridized carbons (Fsp3) is 0.150. The highest BCUT2D eigenvalue weighted by molar-refractivity contribution is 7.89. The summed E-state index contributed by atoms with van der Waals surface area (Å²) in [5.74, 6) is 0.630. The van der Waals surface area contributed by atoms with E-state index in [-0.39, 0.29) is 11.4 Å². The third-order valence-electron chi connectivity index (χ3n) is 3.93. The van der Waals surface area contributed by atoms with Crippen LogP contribution in [0.2, 0.25) is 0 Å². The molecule has 0 aliphatic rings. The Morgan fingerprint density at radius 2 is 1.85 bits per heavy atom. The summed E-state index contributed by atoms with van der Waals surface area (Å²) in [7, 11) is -3.59. The van der Waals surface area contributed by atoms with Gasteiger partial charge in [-0.2, -0.15) is 0 Å². The van der Waals surface area contributed by atoms with Crippen molar-refractivity contribution in [2.24, 2.45) is 0 Å². The third kappa shape index (κ3) is 5.06. The van der Waals surface area contributed by atoms with Crippen LogP contribution < -0.4 is 9.46 Å². The molecule has 0 amide bonds. The van der Waals surface area contributed by atoms with Gasteiger partial charge in [-0.15, -0.1) is 6.58 Å². The second kappa shape index (κ2) is 8.66. The van der Waals surface area contributed by atoms with Crippen molar-refractivity contribution in [1.82, 2.24) is 14.3 Å². The van der Waals surface area contributed by atoms with E-state index in [2.05, 4.69) is 16.3 Å². The summed E-state index contributed by atoms with van der Waals surface area (Å²) in [5, 5.41) is 0. The van der Waals surface area contributed by atoms with E-state index in [1.54, 1.807) is 30.7 Å². The van der Waals surface area contributed by atoms with Gasteiger partial charge in [0, 0.05) is 24.6 Å². The number of hydrogen-bond donors (Lipinski definition) is 1. The lowest BCUT2D eigenvalue weighted by Crippen LogP contribution is -2.23. The van der Waals surface area contributed by atoms with Gasteiger partial charge in [-0.3, -0.25) is 0 Å². The van der Waals surface area contributed by atoms with Crippen LogP contribution in [0.5, 0.6) is 5.75 Å². The lowest BCUT2D eigenvalue weighted by Gasteiger charge is -2.09. The Balaban J connectivity index is 1.60. The quantitative estimate of drug-likeness (QED) is 0.454. The zero-order valence-electron chi connectivity index (χ0n) is 14.8. The zero-order chi connectivity index (χ0) is 19.1. The summed E-state index contributed by atoms with van der Waals surface area (Å²) in [6.45, 7) is 4.36. The molecule has 0 atom stereocenters. The van der Waals surface area contributed by atoms with Gasteiger partial charge in [0.05, 0.1) is 17.8 Å². The molecule has 2 aromatic carbocycles. The number of sulfonamides is 1. The van der Waals surface area contributed by atoms with E-state index in [1.165, 1.54) is 12.1 Å². The molecule has 0 saturated carbocycles. The van der Waals surface area contributed by atoms with Crippen molar-refractivity contribution in [3.63, 3.8) is 0 Å². The van der Waals surface area contributed by atoms with E-state index in [1.807, 2.05) is 35.0 Å². The number of nitrogens with zero attached hydrogens (tertiary/aromatic N) is 2. The molecule has 6 nitrogen and oxygen atoms in total. The number of rotatable bonds is 9. The summed E-state index contributed by atoms with van der Waals surface area (Å²) in [6, 6.07) is 14.0. The Labute approximate surface area is 159 Å². The highest BCUT2D eigenvalue weighted by Gasteiger charge is 2.13. The first kappa shape index (κ1) is 18.9. The highest BCUT2D eigenvalue weighted by Crippen LogP contribution is 2.17. The summed E-state index contributed by atoms with van der Waals surface area (Å²) in [5.41, 5.74) is 1.83. The summed E-state index contributed by atoms with van der Waals surface area (Å²) < 4.78 is 34.9. The van der Waals surface area contributed by atoms with E-state index in [0.717, 1.165) is 17.7 Å². The topological polar surface area (TPSA) is 73.2 Å². The number of nitrogens with one attached hydrogen (secondary N) is 1. The number of ether oxygens (including phenoxy) is 1. The van der Waals surface area contributed by atoms with E-state index in [4.69, 9.17) is 4.74 Å². The molecule has 0 bridgehead atoms. The Bertz CT molecular complexity index is 964. The first-order valence-electron chi connectivity index (χ1n) is 8.49. The van der Waals surface area contributed by atoms with E-state index in [0.29, 0.717) is 12.4 Å². The maximum Gasteiger partial charge on any atom is 0.240 e. The lowest BCUT2D eigenvalue weighted by molar-refractivity contribution is 0.325. The zero-order valence-corrected chi connectivity index (χ0v) is 15.6. The van der Waals surface area contributed by atoms with Crippen molar-refractivity contribution in [2.75, 3.05) is 6.61 Å². The molecule has 3 rings (SSSR count). The fourth-order valence-corrected chi connectivity index (χ4v) is 3.45. The molecule has 0 aliphatic carbocycles. The molecule has 27 heavy (non-hydrogen) atoms. The van der Waals surface area contributed by atoms with Gasteiger partial charge < -0.3 is 9.30 Å². The third-order valence-corrected chi connectivity index (χ3v) is 5.35. The number of aromatic nitrogens is 2. The largest absolute Gasteiger partial charge is 0.493 e. The van der Waals surface area contributed by atoms with Crippen LogP contribution in [-0.4, -0.2) is 24.6 Å². The second-order valence-electron chi connectivity index (χ2n) is 5.86. The van der Waals surface area contributed by atoms with Crippen LogP contribution in [0.1, 0.15) is 12.0 Å². The number of hydrogen-bond acceptors (Lipinski definition) is 4. The van der Waals surface area contributed by atoms with Crippen molar-refractivity contribution in [1.29, 1.82) is 0 Å². The van der Waals surface area contributed by atoms with Gasteiger partial charge in [0.25, 0.3) is 0 Å². The van der Waals surface area contributed by atoms with Crippen LogP contribution >= 0.6 is 0 Å². The highest BCUT2D eigenvalue weighted by atomic mass is 32.2. The van der Waals surface area contributed by atoms with E-state index >= 15 is 0 Å². The molecule has 140 valence electrons. The number of imidazole rings is 1. The summed E-state index contributed by atoms with van der Waals surface area (Å²) in [6.07, 6.45) is 7.77. The predicted octanol–water partition coefficient (Wildman–Crippen LogP) is 3.31. The molecule has 0 fully saturated rings. The summed E-state index contributed by atoms with van der Waals surface area (Å²) >= 11 is 0. The molecule has 3 aromatic rings. The molecule has 7 heteroatoms. The first-order chi connectivity index (χ1) is 13.1. The molecular formula is C20H21N3O3S. The monoisotopic (exact) mass is 383 g/mol. The van der Waals surface area contributed by atoms with Crippen molar-refractivity contribution >= 4 is 10.0 Å². The standard InChI is InChI=1S/C20H21N3O3S/c1-2-3-14-26-19-8-10-20(11-9-19)27(24,25)22-15-17-4-6-18(7-5-17)23-13-12-21-16-23/h2,4-13,16,22H,1,3,14-15H2. The van der Waals surface area contributed by atoms with E-state index in [9.17, 15) is 8.42 Å². The van der Waals surface area contributed by atoms with Crippen LogP contribution in [0.25, 0.3) is 5.69 Å². The Kier molecular flexibility index (Phi) is 6.05. The molecule has 0 aliphatic heterocycles. The maximum absolute atomic E-state index is 12.5. The predicted molar refractivity (Wildman–Crippen MR) is 104 cm³/mol. The minimum absolute atomic E-state index is 0.202. The lowest BCUT2D eigenvalue weighted by atomic mass is 10.2. The molecule has 0 unspecified atom stereocenters. The van der Waals surface area contributed by atoms with Gasteiger partial charge in [0.1, 0.15) is 5.75 Å². The second-order valence-corrected chi connectivity index (χ2v) is 7.63. The molecule has 1 N–H and O–H groups in total. The summed E-state index contributed by atoms with van der Waals surface area (Å²) in [4.78, 5) is 4.21. The Morgan fingerprint density at radius 1 is 1.11 bits per heavy atom. The van der Waals surface area contributed by atoms with E-state index < -0.39 is 10.0 Å². The van der Waals surface area contributed by atoms with Crippen LogP contribution in [0.15, 0.2) is 84.8 Å². The average Bonchev–Trinajstić information content (AvgIpc) is 3.22. The van der Waals surface area contributed by atoms with Crippen molar-refractivity contribution in [2.45, 2.75) is 17.9 Å². The smallest absolute Gasteiger partial charge is 0.240 e. The molecule has 1 heterocycles. The minimum Gasteiger partial charge on any atom is -0.493 e. The Morgan fingerprint density at radius 3 is 2.48 bits per heavy atom. The van der Waals surface area contributed by atoms with Crippen LogP contribution in [-0.2, 0) is 16.6 Å². The SMILES string of the molecule is C=CCCOc1ccc(S(=O)(=O)NCc2ccc(-n3ccnc3)cc2)cc1. The van der Waals surface area contributed by atoms with Crippen LogP contribution in [0, 0.1) is 0 Å². The first-order valence-corrected chi connectivity index (χ1v) is 9.97. The van der Waals surface area contributed by atoms with Gasteiger partial charge >= 0.3 is 0 Å². The molecular weight excluding hydrogens is 362 g/mol. The maximum atomic E-state index is 12.5. The number of benzene rings is 2. The normalized spacial score (nSPS) is 11.3. The molecule has 1 aromatic heterocycles. The molecule has 0 saturated heterocycles. The molecule has 0 spiro atoms. The van der Waals surface area contributed by atoms with Gasteiger partial charge in [0.15, 0.2) is 0 Å². The van der Waals surface area contributed by atoms with Gasteiger partial charge in [-0.25, -0.2) is 18.1 Å². The van der Waals surface area contributed by atoms with Crippen molar-refractivity contribution in [3.8, 4) is 11.4 Å². The fourth-order valence-electron chi connectivity index (χ4n) is 2.43. The van der Waals surface area contributed by atoms with Crippen LogP contribution in [0.3, 0.4) is 0 Å². The Hall–Kier alpha value is -2.90. The van der Waals surface area contributed by atoms with Crippen molar-refractivity contribution < 1.29 is 13.2 Å². The molecule has 0 radical (unpaired) electrons. The minimum atomic E-state index is -3.59. The van der Waals surface area contributed by atoms with Gasteiger partial charge in [-0.05, 0) is 48.4 Å². The van der Waals surface area contributed by atoms with Crippen molar-refractivity contribution in [3.05, 3.63) is 85.5 Å². The van der Waals surface area contributed by atoms with Gasteiger partial charge in [0.2, 0.25) is 10.0 Å². The van der Waals surface area contributed by atoms with Crippen LogP contribution in [0.4, 0.5) is 0 Å². The average molecular weight is 383 g/mol. The van der Waals surface area contributed by atoms with Gasteiger partial charge in [-0.1, -0.05) is 18.2 Å².